The molecule has 0 N–H and O–H groups in total. The fourth-order valence-electron chi connectivity index (χ4n) is 3.07. The number of unbranched alkanes of at least 4 members (excludes halogenated alkanes) is 11. The summed E-state index contributed by atoms with van der Waals surface area (Å²) in [4.78, 5) is 23.3. The summed E-state index contributed by atoms with van der Waals surface area (Å²) in [5, 5.41) is 0. The van der Waals surface area contributed by atoms with Crippen LogP contribution in [0.5, 0.6) is 0 Å². The van der Waals surface area contributed by atoms with E-state index in [0.717, 1.165) is 32.1 Å². The zero-order valence-electron chi connectivity index (χ0n) is 17.5. The highest BCUT2D eigenvalue weighted by Gasteiger charge is 2.18. The predicted molar refractivity (Wildman–Crippen MR) is 107 cm³/mol. The lowest BCUT2D eigenvalue weighted by atomic mass is 10.0. The second-order valence-corrected chi connectivity index (χ2v) is 7.32. The zero-order chi connectivity index (χ0) is 19.5. The smallest absolute Gasteiger partial charge is 0.309 e. The highest BCUT2D eigenvalue weighted by molar-refractivity contribution is 5.72. The summed E-state index contributed by atoms with van der Waals surface area (Å²) in [6.45, 7) is 4.30. The molecule has 0 fully saturated rings. The van der Waals surface area contributed by atoms with E-state index < -0.39 is 0 Å². The van der Waals surface area contributed by atoms with Crippen LogP contribution in [0.4, 0.5) is 0 Å². The first-order valence-electron chi connectivity index (χ1n) is 10.9. The molecule has 0 heterocycles. The summed E-state index contributed by atoms with van der Waals surface area (Å²) in [6.07, 6.45) is 17.0. The Kier molecular flexibility index (Phi) is 18.0. The molecule has 1 unspecified atom stereocenters. The molecule has 26 heavy (non-hydrogen) atoms. The molecule has 0 radical (unpaired) electrons. The Morgan fingerprint density at radius 2 is 1.19 bits per heavy atom. The lowest BCUT2D eigenvalue weighted by Crippen LogP contribution is -2.22. The Bertz CT molecular complexity index is 341. The van der Waals surface area contributed by atoms with Crippen molar-refractivity contribution in [2.45, 2.75) is 123 Å². The third-order valence-electron chi connectivity index (χ3n) is 4.78. The number of hydrogen-bond donors (Lipinski definition) is 0. The predicted octanol–water partition coefficient (Wildman–Crippen LogP) is 6.35. The van der Waals surface area contributed by atoms with Crippen molar-refractivity contribution < 1.29 is 19.1 Å². The summed E-state index contributed by atoms with van der Waals surface area (Å²) < 4.78 is 10.2. The third-order valence-corrected chi connectivity index (χ3v) is 4.78. The van der Waals surface area contributed by atoms with Crippen molar-refractivity contribution in [3.8, 4) is 0 Å². The Labute approximate surface area is 161 Å². The quantitative estimate of drug-likeness (QED) is 0.208. The van der Waals surface area contributed by atoms with Crippen LogP contribution in [0.2, 0.25) is 0 Å². The number of hydrogen-bond acceptors (Lipinski definition) is 4. The van der Waals surface area contributed by atoms with Crippen LogP contribution in [0.3, 0.4) is 0 Å². The van der Waals surface area contributed by atoms with E-state index in [1.807, 2.05) is 6.92 Å². The van der Waals surface area contributed by atoms with E-state index in [4.69, 9.17) is 9.47 Å². The fraction of sp³-hybridized carbons (Fsp3) is 0.909. The molecule has 0 rings (SSSR count). The van der Waals surface area contributed by atoms with Crippen molar-refractivity contribution in [1.82, 2.24) is 0 Å². The van der Waals surface area contributed by atoms with Gasteiger partial charge in [-0.3, -0.25) is 9.59 Å². The highest BCUT2D eigenvalue weighted by atomic mass is 16.6. The van der Waals surface area contributed by atoms with Gasteiger partial charge in [0.05, 0.1) is 13.5 Å². The average molecular weight is 371 g/mol. The Balaban J connectivity index is 3.78. The van der Waals surface area contributed by atoms with Gasteiger partial charge < -0.3 is 9.47 Å². The Hall–Kier alpha value is -1.06. The molecule has 0 aliphatic rings. The van der Waals surface area contributed by atoms with E-state index in [9.17, 15) is 9.59 Å². The summed E-state index contributed by atoms with van der Waals surface area (Å²) in [5.74, 6) is -0.495. The number of ether oxygens (including phenoxy) is 2. The first-order chi connectivity index (χ1) is 12.6. The molecule has 0 aromatic carbocycles. The van der Waals surface area contributed by atoms with Gasteiger partial charge in [0, 0.05) is 6.42 Å². The lowest BCUT2D eigenvalue weighted by molar-refractivity contribution is -0.154. The number of methoxy groups -OCH3 is 1. The fourth-order valence-corrected chi connectivity index (χ4v) is 3.07. The molecule has 154 valence electrons. The minimum Gasteiger partial charge on any atom is -0.469 e. The van der Waals surface area contributed by atoms with Crippen LogP contribution in [-0.4, -0.2) is 25.2 Å². The zero-order valence-corrected chi connectivity index (χ0v) is 17.5. The van der Waals surface area contributed by atoms with Crippen LogP contribution in [0, 0.1) is 0 Å². The van der Waals surface area contributed by atoms with E-state index in [1.165, 1.54) is 64.9 Å². The number of carbonyl (C=O) groups is 2. The van der Waals surface area contributed by atoms with Crippen LogP contribution in [-0.2, 0) is 19.1 Å². The van der Waals surface area contributed by atoms with E-state index >= 15 is 0 Å². The van der Waals surface area contributed by atoms with Gasteiger partial charge in [0.25, 0.3) is 0 Å². The molecule has 4 nitrogen and oxygen atoms in total. The van der Waals surface area contributed by atoms with E-state index in [-0.39, 0.29) is 24.5 Å². The number of rotatable bonds is 18. The van der Waals surface area contributed by atoms with Crippen molar-refractivity contribution in [3.63, 3.8) is 0 Å². The number of carbonyl (C=O) groups excluding carboxylic acids is 2. The maximum Gasteiger partial charge on any atom is 0.309 e. The summed E-state index contributed by atoms with van der Waals surface area (Å²) in [5.41, 5.74) is 0. The second kappa shape index (κ2) is 18.7. The normalized spacial score (nSPS) is 12.0. The molecule has 1 atom stereocenters. The molecule has 0 amide bonds. The van der Waals surface area contributed by atoms with Crippen LogP contribution in [0.1, 0.15) is 117 Å². The van der Waals surface area contributed by atoms with E-state index in [0.29, 0.717) is 6.42 Å². The summed E-state index contributed by atoms with van der Waals surface area (Å²) in [7, 11) is 1.38. The van der Waals surface area contributed by atoms with Gasteiger partial charge in [0.15, 0.2) is 0 Å². The van der Waals surface area contributed by atoms with Crippen LogP contribution in [0.25, 0.3) is 0 Å². The van der Waals surface area contributed by atoms with Gasteiger partial charge in [0.1, 0.15) is 6.10 Å². The maximum absolute atomic E-state index is 11.8. The van der Waals surface area contributed by atoms with Gasteiger partial charge in [-0.25, -0.2) is 0 Å². The molecule has 0 bridgehead atoms. The van der Waals surface area contributed by atoms with Crippen LogP contribution < -0.4 is 0 Å². The minimum atomic E-state index is -0.328. The SMILES string of the molecule is CCCCCCCCCCCCCC(CC(=O)OC)OC(=O)CCCC. The minimum absolute atomic E-state index is 0.173. The first kappa shape index (κ1) is 24.9. The van der Waals surface area contributed by atoms with Crippen molar-refractivity contribution in [1.29, 1.82) is 0 Å². The molecule has 4 heteroatoms. The molecular formula is C22H42O4. The second-order valence-electron chi connectivity index (χ2n) is 7.32. The topological polar surface area (TPSA) is 52.6 Å². The maximum atomic E-state index is 11.8. The summed E-state index contributed by atoms with van der Waals surface area (Å²) in [6, 6.07) is 0. The molecule has 0 saturated heterocycles. The van der Waals surface area contributed by atoms with Crippen molar-refractivity contribution in [3.05, 3.63) is 0 Å². The Morgan fingerprint density at radius 1 is 0.692 bits per heavy atom. The van der Waals surface area contributed by atoms with Crippen molar-refractivity contribution >= 4 is 11.9 Å². The van der Waals surface area contributed by atoms with E-state index in [1.54, 1.807) is 0 Å². The van der Waals surface area contributed by atoms with Crippen molar-refractivity contribution in [2.24, 2.45) is 0 Å². The van der Waals surface area contributed by atoms with Gasteiger partial charge in [-0.2, -0.15) is 0 Å². The van der Waals surface area contributed by atoms with Crippen LogP contribution in [0.15, 0.2) is 0 Å². The van der Waals surface area contributed by atoms with Crippen LogP contribution >= 0.6 is 0 Å². The first-order valence-corrected chi connectivity index (χ1v) is 10.9. The third kappa shape index (κ3) is 16.4. The molecule has 0 aliphatic carbocycles. The number of esters is 2. The van der Waals surface area contributed by atoms with Gasteiger partial charge in [0.2, 0.25) is 0 Å². The van der Waals surface area contributed by atoms with Gasteiger partial charge in [-0.15, -0.1) is 0 Å². The Morgan fingerprint density at radius 3 is 1.69 bits per heavy atom. The van der Waals surface area contributed by atoms with Gasteiger partial charge in [-0.05, 0) is 19.3 Å². The standard InChI is InChI=1S/C22H42O4/c1-4-6-8-9-10-11-12-13-14-15-16-17-20(19-22(24)25-3)26-21(23)18-7-5-2/h20H,4-19H2,1-3H3. The largest absolute Gasteiger partial charge is 0.469 e. The molecule has 0 saturated carbocycles. The molecule has 0 aromatic rings. The monoisotopic (exact) mass is 370 g/mol. The molecular weight excluding hydrogens is 328 g/mol. The van der Waals surface area contributed by atoms with Gasteiger partial charge >= 0.3 is 11.9 Å². The van der Waals surface area contributed by atoms with Crippen molar-refractivity contribution in [2.75, 3.05) is 7.11 Å². The lowest BCUT2D eigenvalue weighted by Gasteiger charge is -2.17. The highest BCUT2D eigenvalue weighted by Crippen LogP contribution is 2.16. The molecule has 0 aliphatic heterocycles. The van der Waals surface area contributed by atoms with E-state index in [2.05, 4.69) is 6.92 Å². The summed E-state index contributed by atoms with van der Waals surface area (Å²) >= 11 is 0. The average Bonchev–Trinajstić information content (AvgIpc) is 2.64. The molecule has 0 spiro atoms. The van der Waals surface area contributed by atoms with Gasteiger partial charge in [-0.1, -0.05) is 84.5 Å². The molecule has 0 aromatic heterocycles.